The summed E-state index contributed by atoms with van der Waals surface area (Å²) in [6, 6.07) is 18.4. The standard InChI is InChI=1S/C24H26N6O/c1-18-10-12-20(13-11-18)22-16-21(19-8-4-2-5-9-19)29(24-25-26-27-30(22)24)17-23(31)28-14-6-3-7-15-28/h2,4-5,8-13,16,22H,3,6-7,14-15,17H2,1H3/t22-/m0/s1. The van der Waals surface area contributed by atoms with Crippen molar-refractivity contribution < 1.29 is 4.79 Å². The number of piperidine rings is 1. The van der Waals surface area contributed by atoms with E-state index in [4.69, 9.17) is 0 Å². The second-order valence-electron chi connectivity index (χ2n) is 8.22. The molecule has 1 fully saturated rings. The summed E-state index contributed by atoms with van der Waals surface area (Å²) < 4.78 is 1.81. The fourth-order valence-electron chi connectivity index (χ4n) is 4.36. The van der Waals surface area contributed by atoms with Crippen LogP contribution in [-0.4, -0.2) is 50.6 Å². The first-order valence-electron chi connectivity index (χ1n) is 10.9. The summed E-state index contributed by atoms with van der Waals surface area (Å²) in [5.41, 5.74) is 4.31. The fraction of sp³-hybridized carbons (Fsp3) is 0.333. The highest BCUT2D eigenvalue weighted by Crippen LogP contribution is 2.36. The van der Waals surface area contributed by atoms with Crippen LogP contribution in [0.15, 0.2) is 60.7 Å². The van der Waals surface area contributed by atoms with Gasteiger partial charge in [0.25, 0.3) is 5.95 Å². The molecule has 1 amide bonds. The van der Waals surface area contributed by atoms with Crippen molar-refractivity contribution in [2.45, 2.75) is 32.2 Å². The Labute approximate surface area is 182 Å². The van der Waals surface area contributed by atoms with Crippen molar-refractivity contribution in [2.75, 3.05) is 24.5 Å². The largest absolute Gasteiger partial charge is 0.341 e. The van der Waals surface area contributed by atoms with Gasteiger partial charge in [-0.3, -0.25) is 9.69 Å². The summed E-state index contributed by atoms with van der Waals surface area (Å²) >= 11 is 0. The van der Waals surface area contributed by atoms with E-state index in [1.165, 1.54) is 12.0 Å². The predicted molar refractivity (Wildman–Crippen MR) is 119 cm³/mol. The molecule has 7 heteroatoms. The lowest BCUT2D eigenvalue weighted by atomic mass is 10.00. The second-order valence-corrected chi connectivity index (χ2v) is 8.22. The molecule has 0 aliphatic carbocycles. The quantitative estimate of drug-likeness (QED) is 0.654. The molecular weight excluding hydrogens is 388 g/mol. The first-order chi connectivity index (χ1) is 15.2. The molecule has 0 radical (unpaired) electrons. The van der Waals surface area contributed by atoms with Crippen LogP contribution in [0, 0.1) is 6.92 Å². The molecule has 0 unspecified atom stereocenters. The van der Waals surface area contributed by atoms with Crippen LogP contribution in [0.2, 0.25) is 0 Å². The number of allylic oxidation sites excluding steroid dienone is 1. The number of carbonyl (C=O) groups excluding carboxylic acids is 1. The highest BCUT2D eigenvalue weighted by Gasteiger charge is 2.33. The average molecular weight is 415 g/mol. The van der Waals surface area contributed by atoms with Gasteiger partial charge in [-0.15, -0.1) is 0 Å². The lowest BCUT2D eigenvalue weighted by molar-refractivity contribution is -0.130. The number of likely N-dealkylation sites (tertiary alicyclic amines) is 1. The van der Waals surface area contributed by atoms with Gasteiger partial charge in [0.05, 0.1) is 5.70 Å². The number of aromatic nitrogens is 4. The Morgan fingerprint density at radius 3 is 2.48 bits per heavy atom. The third kappa shape index (κ3) is 3.83. The number of carbonyl (C=O) groups is 1. The lowest BCUT2D eigenvalue weighted by Crippen LogP contribution is -2.44. The summed E-state index contributed by atoms with van der Waals surface area (Å²) in [6.45, 7) is 3.95. The van der Waals surface area contributed by atoms with Gasteiger partial charge in [-0.1, -0.05) is 65.3 Å². The molecule has 158 valence electrons. The smallest absolute Gasteiger partial charge is 0.251 e. The van der Waals surface area contributed by atoms with Crippen molar-refractivity contribution >= 4 is 17.6 Å². The molecule has 2 aliphatic heterocycles. The van der Waals surface area contributed by atoms with E-state index in [0.29, 0.717) is 5.95 Å². The number of aryl methyl sites for hydroxylation is 1. The first-order valence-corrected chi connectivity index (χ1v) is 10.9. The molecule has 7 nitrogen and oxygen atoms in total. The summed E-state index contributed by atoms with van der Waals surface area (Å²) in [7, 11) is 0. The number of anilines is 1. The van der Waals surface area contributed by atoms with Gasteiger partial charge < -0.3 is 4.90 Å². The molecule has 0 saturated carbocycles. The molecule has 5 rings (SSSR count). The van der Waals surface area contributed by atoms with Crippen molar-refractivity contribution in [3.05, 3.63) is 77.4 Å². The number of hydrogen-bond donors (Lipinski definition) is 0. The van der Waals surface area contributed by atoms with Crippen LogP contribution in [0.4, 0.5) is 5.95 Å². The number of nitrogens with zero attached hydrogens (tertiary/aromatic N) is 6. The van der Waals surface area contributed by atoms with Crippen molar-refractivity contribution in [1.29, 1.82) is 0 Å². The van der Waals surface area contributed by atoms with E-state index in [-0.39, 0.29) is 18.5 Å². The van der Waals surface area contributed by atoms with Gasteiger partial charge in [-0.2, -0.15) is 4.68 Å². The van der Waals surface area contributed by atoms with Gasteiger partial charge in [0, 0.05) is 13.1 Å². The van der Waals surface area contributed by atoms with E-state index in [1.807, 2.05) is 28.0 Å². The minimum atomic E-state index is -0.137. The number of fused-ring (bicyclic) bond motifs is 1. The zero-order chi connectivity index (χ0) is 21.2. The number of benzene rings is 2. The minimum absolute atomic E-state index is 0.116. The summed E-state index contributed by atoms with van der Waals surface area (Å²) in [4.78, 5) is 17.1. The van der Waals surface area contributed by atoms with E-state index in [1.54, 1.807) is 4.68 Å². The molecular formula is C24H26N6O. The Morgan fingerprint density at radius 2 is 1.74 bits per heavy atom. The van der Waals surface area contributed by atoms with Crippen LogP contribution in [0.25, 0.3) is 5.70 Å². The summed E-state index contributed by atoms with van der Waals surface area (Å²) in [5, 5.41) is 12.6. The SMILES string of the molecule is Cc1ccc([C@@H]2C=C(c3ccccc3)N(CC(=O)N3CCCCC3)c3nnnn32)cc1. The zero-order valence-corrected chi connectivity index (χ0v) is 17.7. The van der Waals surface area contributed by atoms with E-state index in [0.717, 1.165) is 42.8 Å². The van der Waals surface area contributed by atoms with Crippen LogP contribution < -0.4 is 4.90 Å². The van der Waals surface area contributed by atoms with Crippen LogP contribution in [0.3, 0.4) is 0 Å². The molecule has 0 spiro atoms. The Kier molecular flexibility index (Phi) is 5.24. The highest BCUT2D eigenvalue weighted by molar-refractivity contribution is 5.89. The van der Waals surface area contributed by atoms with Crippen LogP contribution >= 0.6 is 0 Å². The second kappa shape index (κ2) is 8.34. The maximum Gasteiger partial charge on any atom is 0.251 e. The molecule has 2 aromatic carbocycles. The van der Waals surface area contributed by atoms with Gasteiger partial charge in [-0.25, -0.2) is 0 Å². The monoisotopic (exact) mass is 414 g/mol. The van der Waals surface area contributed by atoms with Gasteiger partial charge in [-0.05, 0) is 53.8 Å². The maximum atomic E-state index is 13.1. The molecule has 0 bridgehead atoms. The number of amides is 1. The maximum absolute atomic E-state index is 13.1. The lowest BCUT2D eigenvalue weighted by Gasteiger charge is -2.35. The minimum Gasteiger partial charge on any atom is -0.341 e. The third-order valence-electron chi connectivity index (χ3n) is 6.08. The molecule has 3 aromatic rings. The molecule has 1 atom stereocenters. The third-order valence-corrected chi connectivity index (χ3v) is 6.08. The van der Waals surface area contributed by atoms with Crippen molar-refractivity contribution in [3.63, 3.8) is 0 Å². The van der Waals surface area contributed by atoms with Crippen LogP contribution in [0.5, 0.6) is 0 Å². The Hall–Kier alpha value is -3.48. The topological polar surface area (TPSA) is 67.2 Å². The average Bonchev–Trinajstić information content (AvgIpc) is 3.31. The molecule has 3 heterocycles. The van der Waals surface area contributed by atoms with Crippen molar-refractivity contribution in [1.82, 2.24) is 25.1 Å². The number of tetrazole rings is 1. The van der Waals surface area contributed by atoms with Crippen molar-refractivity contribution in [3.8, 4) is 0 Å². The molecule has 31 heavy (non-hydrogen) atoms. The molecule has 1 saturated heterocycles. The number of hydrogen-bond acceptors (Lipinski definition) is 5. The Morgan fingerprint density at radius 1 is 1.00 bits per heavy atom. The molecule has 0 N–H and O–H groups in total. The Bertz CT molecular complexity index is 1080. The van der Waals surface area contributed by atoms with Crippen LogP contribution in [0.1, 0.15) is 42.0 Å². The fourth-order valence-corrected chi connectivity index (χ4v) is 4.36. The van der Waals surface area contributed by atoms with Gasteiger partial charge >= 0.3 is 0 Å². The van der Waals surface area contributed by atoms with Gasteiger partial charge in [0.15, 0.2) is 0 Å². The molecule has 1 aromatic heterocycles. The first kappa shape index (κ1) is 19.5. The highest BCUT2D eigenvalue weighted by atomic mass is 16.2. The normalized spacial score (nSPS) is 18.5. The van der Waals surface area contributed by atoms with E-state index in [2.05, 4.69) is 64.9 Å². The molecule has 2 aliphatic rings. The van der Waals surface area contributed by atoms with E-state index < -0.39 is 0 Å². The van der Waals surface area contributed by atoms with E-state index >= 15 is 0 Å². The summed E-state index contributed by atoms with van der Waals surface area (Å²) in [6.07, 6.45) is 5.49. The van der Waals surface area contributed by atoms with Crippen LogP contribution in [-0.2, 0) is 4.79 Å². The van der Waals surface area contributed by atoms with Crippen molar-refractivity contribution in [2.24, 2.45) is 0 Å². The van der Waals surface area contributed by atoms with Gasteiger partial charge in [0.2, 0.25) is 5.91 Å². The number of rotatable bonds is 4. The van der Waals surface area contributed by atoms with E-state index in [9.17, 15) is 4.79 Å². The Balaban J connectivity index is 1.55. The summed E-state index contributed by atoms with van der Waals surface area (Å²) in [5.74, 6) is 0.710. The predicted octanol–water partition coefficient (Wildman–Crippen LogP) is 3.44. The van der Waals surface area contributed by atoms with Gasteiger partial charge in [0.1, 0.15) is 12.6 Å². The zero-order valence-electron chi connectivity index (χ0n) is 17.7.